The Balaban J connectivity index is 2.01. The average Bonchev–Trinajstić information content (AvgIpc) is 2.75. The standard InChI is InChI=1S/C12H11ClN2O3/c1-7-4-9(18-15-7)6-14-12(17)8-2-3-11(16)10(13)5-8/h2-5,16H,6H2,1H3,(H,14,17). The minimum atomic E-state index is -0.300. The minimum absolute atomic E-state index is 0.0564. The van der Waals surface area contributed by atoms with Crippen molar-refractivity contribution in [2.45, 2.75) is 13.5 Å². The molecule has 94 valence electrons. The number of carbonyl (C=O) groups excluding carboxylic acids is 1. The summed E-state index contributed by atoms with van der Waals surface area (Å²) in [5, 5.41) is 15.8. The van der Waals surface area contributed by atoms with Crippen molar-refractivity contribution in [3.05, 3.63) is 46.3 Å². The maximum absolute atomic E-state index is 11.8. The Labute approximate surface area is 108 Å². The molecule has 0 atom stereocenters. The Morgan fingerprint density at radius 1 is 1.50 bits per heavy atom. The second-order valence-electron chi connectivity index (χ2n) is 3.78. The lowest BCUT2D eigenvalue weighted by Crippen LogP contribution is -2.22. The minimum Gasteiger partial charge on any atom is -0.506 e. The van der Waals surface area contributed by atoms with Crippen molar-refractivity contribution >= 4 is 17.5 Å². The molecular formula is C12H11ClN2O3. The largest absolute Gasteiger partial charge is 0.506 e. The number of nitrogens with one attached hydrogen (secondary N) is 1. The van der Waals surface area contributed by atoms with E-state index in [1.54, 1.807) is 13.0 Å². The van der Waals surface area contributed by atoms with E-state index in [1.807, 2.05) is 0 Å². The Morgan fingerprint density at radius 2 is 2.28 bits per heavy atom. The van der Waals surface area contributed by atoms with Crippen LogP contribution in [-0.2, 0) is 6.54 Å². The topological polar surface area (TPSA) is 75.4 Å². The lowest BCUT2D eigenvalue weighted by atomic mass is 10.2. The summed E-state index contributed by atoms with van der Waals surface area (Å²) in [6.07, 6.45) is 0. The van der Waals surface area contributed by atoms with E-state index in [9.17, 15) is 9.90 Å². The van der Waals surface area contributed by atoms with Crippen molar-refractivity contribution in [3.63, 3.8) is 0 Å². The fourth-order valence-electron chi connectivity index (χ4n) is 1.42. The molecule has 0 saturated carbocycles. The number of amides is 1. The quantitative estimate of drug-likeness (QED) is 0.894. The van der Waals surface area contributed by atoms with Crippen LogP contribution in [0.3, 0.4) is 0 Å². The average molecular weight is 267 g/mol. The Hall–Kier alpha value is -2.01. The highest BCUT2D eigenvalue weighted by molar-refractivity contribution is 6.32. The molecule has 0 bridgehead atoms. The van der Waals surface area contributed by atoms with Crippen molar-refractivity contribution in [1.29, 1.82) is 0 Å². The van der Waals surface area contributed by atoms with Crippen LogP contribution in [0.25, 0.3) is 0 Å². The first kappa shape index (κ1) is 12.4. The predicted molar refractivity (Wildman–Crippen MR) is 65.5 cm³/mol. The molecule has 18 heavy (non-hydrogen) atoms. The van der Waals surface area contributed by atoms with Crippen LogP contribution in [0.5, 0.6) is 5.75 Å². The van der Waals surface area contributed by atoms with E-state index in [0.29, 0.717) is 11.3 Å². The normalized spacial score (nSPS) is 10.3. The predicted octanol–water partition coefficient (Wildman–Crippen LogP) is 2.27. The molecule has 5 nitrogen and oxygen atoms in total. The number of nitrogens with zero attached hydrogens (tertiary/aromatic N) is 1. The van der Waals surface area contributed by atoms with E-state index < -0.39 is 0 Å². The van der Waals surface area contributed by atoms with Gasteiger partial charge in [0.25, 0.3) is 5.91 Å². The molecule has 1 aromatic heterocycles. The molecule has 0 aliphatic rings. The number of aryl methyl sites for hydroxylation is 1. The molecule has 0 aliphatic carbocycles. The summed E-state index contributed by atoms with van der Waals surface area (Å²) in [7, 11) is 0. The van der Waals surface area contributed by atoms with E-state index in [1.165, 1.54) is 18.2 Å². The third-order valence-corrected chi connectivity index (χ3v) is 2.61. The maximum atomic E-state index is 11.8. The number of carbonyl (C=O) groups is 1. The van der Waals surface area contributed by atoms with Crippen LogP contribution in [0.15, 0.2) is 28.8 Å². The second-order valence-corrected chi connectivity index (χ2v) is 4.19. The second kappa shape index (κ2) is 5.10. The number of halogens is 1. The molecule has 2 aromatic rings. The first-order valence-corrected chi connectivity index (χ1v) is 5.63. The summed E-state index contributed by atoms with van der Waals surface area (Å²) in [6.45, 7) is 2.05. The Kier molecular flexibility index (Phi) is 3.53. The van der Waals surface area contributed by atoms with Crippen LogP contribution in [0.1, 0.15) is 21.8 Å². The highest BCUT2D eigenvalue weighted by atomic mass is 35.5. The Bertz CT molecular complexity index is 580. The zero-order chi connectivity index (χ0) is 13.1. The summed E-state index contributed by atoms with van der Waals surface area (Å²) in [5.41, 5.74) is 1.13. The molecule has 6 heteroatoms. The zero-order valence-corrected chi connectivity index (χ0v) is 10.4. The van der Waals surface area contributed by atoms with E-state index in [-0.39, 0.29) is 23.2 Å². The van der Waals surface area contributed by atoms with E-state index in [0.717, 1.165) is 5.69 Å². The molecule has 2 N–H and O–H groups in total. The zero-order valence-electron chi connectivity index (χ0n) is 9.61. The van der Waals surface area contributed by atoms with Gasteiger partial charge in [0.15, 0.2) is 5.76 Å². The fourth-order valence-corrected chi connectivity index (χ4v) is 1.60. The van der Waals surface area contributed by atoms with Gasteiger partial charge in [-0.1, -0.05) is 16.8 Å². The van der Waals surface area contributed by atoms with Gasteiger partial charge in [0, 0.05) is 11.6 Å². The van der Waals surface area contributed by atoms with Crippen molar-refractivity contribution in [2.75, 3.05) is 0 Å². The van der Waals surface area contributed by atoms with E-state index in [4.69, 9.17) is 16.1 Å². The molecule has 0 radical (unpaired) electrons. The van der Waals surface area contributed by atoms with Gasteiger partial charge in [-0.2, -0.15) is 0 Å². The summed E-state index contributed by atoms with van der Waals surface area (Å²) >= 11 is 5.72. The molecule has 1 heterocycles. The number of benzene rings is 1. The number of phenolic OH excluding ortho intramolecular Hbond substituents is 1. The lowest BCUT2D eigenvalue weighted by molar-refractivity contribution is 0.0947. The number of aromatic nitrogens is 1. The van der Waals surface area contributed by atoms with Crippen LogP contribution in [0, 0.1) is 6.92 Å². The molecule has 0 spiro atoms. The molecule has 0 unspecified atom stereocenters. The number of phenols is 1. The highest BCUT2D eigenvalue weighted by Crippen LogP contribution is 2.23. The number of aromatic hydroxyl groups is 1. The van der Waals surface area contributed by atoms with Crippen molar-refractivity contribution in [3.8, 4) is 5.75 Å². The lowest BCUT2D eigenvalue weighted by Gasteiger charge is -2.04. The van der Waals surface area contributed by atoms with Gasteiger partial charge in [-0.05, 0) is 25.1 Å². The summed E-state index contributed by atoms with van der Waals surface area (Å²) in [6, 6.07) is 6.00. The van der Waals surface area contributed by atoms with Crippen LogP contribution < -0.4 is 5.32 Å². The number of hydrogen-bond donors (Lipinski definition) is 2. The third-order valence-electron chi connectivity index (χ3n) is 2.31. The van der Waals surface area contributed by atoms with E-state index >= 15 is 0 Å². The molecule has 1 aromatic carbocycles. The monoisotopic (exact) mass is 266 g/mol. The van der Waals surface area contributed by atoms with Gasteiger partial charge in [-0.15, -0.1) is 0 Å². The van der Waals surface area contributed by atoms with Crippen LogP contribution in [0.4, 0.5) is 0 Å². The summed E-state index contributed by atoms with van der Waals surface area (Å²) in [5.74, 6) is 0.218. The van der Waals surface area contributed by atoms with Crippen molar-refractivity contribution in [1.82, 2.24) is 10.5 Å². The molecule has 0 aliphatic heterocycles. The van der Waals surface area contributed by atoms with Crippen LogP contribution in [0.2, 0.25) is 5.02 Å². The molecule has 1 amide bonds. The van der Waals surface area contributed by atoms with Crippen molar-refractivity contribution < 1.29 is 14.4 Å². The van der Waals surface area contributed by atoms with E-state index in [2.05, 4.69) is 10.5 Å². The van der Waals surface area contributed by atoms with Gasteiger partial charge >= 0.3 is 0 Å². The first-order chi connectivity index (χ1) is 8.56. The van der Waals surface area contributed by atoms with Gasteiger partial charge in [-0.3, -0.25) is 4.79 Å². The van der Waals surface area contributed by atoms with Gasteiger partial charge in [0.1, 0.15) is 5.75 Å². The molecule has 0 fully saturated rings. The molecule has 2 rings (SSSR count). The number of hydrogen-bond acceptors (Lipinski definition) is 4. The maximum Gasteiger partial charge on any atom is 0.251 e. The molecular weight excluding hydrogens is 256 g/mol. The van der Waals surface area contributed by atoms with Gasteiger partial charge in [0.05, 0.1) is 17.3 Å². The van der Waals surface area contributed by atoms with Crippen LogP contribution >= 0.6 is 11.6 Å². The first-order valence-electron chi connectivity index (χ1n) is 5.25. The number of rotatable bonds is 3. The Morgan fingerprint density at radius 3 is 2.89 bits per heavy atom. The smallest absolute Gasteiger partial charge is 0.251 e. The molecule has 0 saturated heterocycles. The highest BCUT2D eigenvalue weighted by Gasteiger charge is 2.09. The third kappa shape index (κ3) is 2.81. The summed E-state index contributed by atoms with van der Waals surface area (Å²) < 4.78 is 4.96. The SMILES string of the molecule is Cc1cc(CNC(=O)c2ccc(O)c(Cl)c2)on1. The van der Waals surface area contributed by atoms with Gasteiger partial charge < -0.3 is 14.9 Å². The summed E-state index contributed by atoms with van der Waals surface area (Å²) in [4.78, 5) is 11.8. The fraction of sp³-hybridized carbons (Fsp3) is 0.167. The van der Waals surface area contributed by atoms with Gasteiger partial charge in [-0.25, -0.2) is 0 Å². The van der Waals surface area contributed by atoms with Crippen molar-refractivity contribution in [2.24, 2.45) is 0 Å². The van der Waals surface area contributed by atoms with Crippen LogP contribution in [-0.4, -0.2) is 16.2 Å². The van der Waals surface area contributed by atoms with Gasteiger partial charge in [0.2, 0.25) is 0 Å².